The van der Waals surface area contributed by atoms with Crippen molar-refractivity contribution in [2.45, 2.75) is 39.0 Å². The summed E-state index contributed by atoms with van der Waals surface area (Å²) >= 11 is 1.70. The molecule has 1 unspecified atom stereocenters. The summed E-state index contributed by atoms with van der Waals surface area (Å²) in [5, 5.41) is 0. The first-order chi connectivity index (χ1) is 12.6. The third-order valence-corrected chi connectivity index (χ3v) is 7.24. The molecule has 2 saturated heterocycles. The van der Waals surface area contributed by atoms with Gasteiger partial charge in [0.15, 0.2) is 0 Å². The monoisotopic (exact) mass is 375 g/mol. The van der Waals surface area contributed by atoms with E-state index in [0.717, 1.165) is 75.7 Å². The van der Waals surface area contributed by atoms with E-state index in [-0.39, 0.29) is 11.8 Å². The summed E-state index contributed by atoms with van der Waals surface area (Å²) in [6.45, 7) is 7.69. The lowest BCUT2D eigenvalue weighted by Gasteiger charge is -2.34. The molecule has 3 heterocycles. The number of hydrogen-bond donors (Lipinski definition) is 0. The minimum Gasteiger partial charge on any atom is -0.342 e. The molecule has 0 bridgehead atoms. The van der Waals surface area contributed by atoms with E-state index in [0.29, 0.717) is 6.54 Å². The summed E-state index contributed by atoms with van der Waals surface area (Å²) in [6.07, 6.45) is 5.76. The molecule has 0 saturated carbocycles. The van der Waals surface area contributed by atoms with Gasteiger partial charge in [-0.05, 0) is 49.7 Å². The van der Waals surface area contributed by atoms with E-state index in [4.69, 9.17) is 0 Å². The van der Waals surface area contributed by atoms with Gasteiger partial charge in [-0.25, -0.2) is 0 Å². The number of thiophene rings is 1. The molecule has 26 heavy (non-hydrogen) atoms. The number of likely N-dealkylation sites (tertiary alicyclic amines) is 1. The van der Waals surface area contributed by atoms with Crippen LogP contribution in [0.15, 0.2) is 6.07 Å². The second-order valence-electron chi connectivity index (χ2n) is 8.06. The molecule has 2 fully saturated rings. The number of carbonyl (C=O) groups is 2. The second kappa shape index (κ2) is 7.69. The minimum absolute atomic E-state index is 0.183. The Labute approximate surface area is 159 Å². The number of nitrogens with zero attached hydrogens (tertiary/aromatic N) is 3. The number of carbonyl (C=O) groups excluding carboxylic acids is 2. The zero-order valence-corrected chi connectivity index (χ0v) is 16.5. The predicted octanol–water partition coefficient (Wildman–Crippen LogP) is 2.25. The van der Waals surface area contributed by atoms with Crippen LogP contribution in [0.1, 0.15) is 46.3 Å². The van der Waals surface area contributed by atoms with E-state index in [9.17, 15) is 9.59 Å². The fourth-order valence-corrected chi connectivity index (χ4v) is 5.51. The van der Waals surface area contributed by atoms with Crippen LogP contribution in [0, 0.1) is 5.92 Å². The number of amides is 2. The van der Waals surface area contributed by atoms with Crippen LogP contribution in [0.5, 0.6) is 0 Å². The van der Waals surface area contributed by atoms with E-state index in [2.05, 4.69) is 17.9 Å². The maximum atomic E-state index is 12.9. The molecule has 0 N–H and O–H groups in total. The lowest BCUT2D eigenvalue weighted by Crippen LogP contribution is -2.51. The van der Waals surface area contributed by atoms with Gasteiger partial charge in [0.25, 0.3) is 5.91 Å². The molecular formula is C20H29N3O2S. The van der Waals surface area contributed by atoms with Crippen molar-refractivity contribution in [2.75, 3.05) is 45.8 Å². The van der Waals surface area contributed by atoms with E-state index in [1.807, 2.05) is 9.80 Å². The lowest BCUT2D eigenvalue weighted by atomic mass is 9.90. The molecule has 4 rings (SSSR count). The Morgan fingerprint density at radius 3 is 2.54 bits per heavy atom. The molecule has 1 aromatic heterocycles. The Balaban J connectivity index is 1.30. The number of rotatable bonds is 3. The molecule has 1 aromatic rings. The first kappa shape index (κ1) is 18.0. The summed E-state index contributed by atoms with van der Waals surface area (Å²) in [5.74, 6) is 1.17. The summed E-state index contributed by atoms with van der Waals surface area (Å²) in [4.78, 5) is 33.7. The van der Waals surface area contributed by atoms with E-state index >= 15 is 0 Å². The quantitative estimate of drug-likeness (QED) is 0.814. The van der Waals surface area contributed by atoms with Crippen LogP contribution in [0.25, 0.3) is 0 Å². The Kier molecular flexibility index (Phi) is 5.32. The highest BCUT2D eigenvalue weighted by Crippen LogP contribution is 2.32. The molecule has 0 aromatic carbocycles. The lowest BCUT2D eigenvalue weighted by molar-refractivity contribution is -0.131. The van der Waals surface area contributed by atoms with Crippen molar-refractivity contribution >= 4 is 23.2 Å². The number of piperazine rings is 1. The fourth-order valence-electron chi connectivity index (χ4n) is 4.33. The van der Waals surface area contributed by atoms with Crippen LogP contribution in [-0.4, -0.2) is 72.3 Å². The molecule has 2 aliphatic heterocycles. The Morgan fingerprint density at radius 2 is 1.81 bits per heavy atom. The molecule has 2 amide bonds. The molecule has 0 spiro atoms. The predicted molar refractivity (Wildman–Crippen MR) is 104 cm³/mol. The number of hydrogen-bond acceptors (Lipinski definition) is 4. The average Bonchev–Trinajstić information content (AvgIpc) is 3.31. The molecular weight excluding hydrogens is 346 g/mol. The topological polar surface area (TPSA) is 43.9 Å². The highest BCUT2D eigenvalue weighted by molar-refractivity contribution is 7.14. The first-order valence-corrected chi connectivity index (χ1v) is 10.8. The van der Waals surface area contributed by atoms with Crippen molar-refractivity contribution in [3.63, 3.8) is 0 Å². The van der Waals surface area contributed by atoms with Gasteiger partial charge in [-0.1, -0.05) is 6.92 Å². The molecule has 3 aliphatic rings. The molecule has 1 aliphatic carbocycles. The highest BCUT2D eigenvalue weighted by atomic mass is 32.1. The average molecular weight is 376 g/mol. The van der Waals surface area contributed by atoms with Crippen molar-refractivity contribution in [2.24, 2.45) is 5.92 Å². The Morgan fingerprint density at radius 1 is 1.08 bits per heavy atom. The zero-order valence-electron chi connectivity index (χ0n) is 15.7. The maximum Gasteiger partial charge on any atom is 0.264 e. The number of fused-ring (bicyclic) bond motifs is 1. The first-order valence-electron chi connectivity index (χ1n) is 10.0. The summed E-state index contributed by atoms with van der Waals surface area (Å²) in [6, 6.07) is 2.14. The molecule has 1 atom stereocenters. The minimum atomic E-state index is 0.183. The van der Waals surface area contributed by atoms with Crippen molar-refractivity contribution in [1.29, 1.82) is 0 Å². The van der Waals surface area contributed by atoms with Crippen molar-refractivity contribution < 1.29 is 9.59 Å². The molecule has 142 valence electrons. The van der Waals surface area contributed by atoms with Gasteiger partial charge in [0.05, 0.1) is 11.4 Å². The third-order valence-electron chi connectivity index (χ3n) is 6.02. The van der Waals surface area contributed by atoms with Crippen molar-refractivity contribution in [1.82, 2.24) is 14.7 Å². The van der Waals surface area contributed by atoms with E-state index in [1.54, 1.807) is 11.3 Å². The van der Waals surface area contributed by atoms with Gasteiger partial charge < -0.3 is 9.80 Å². The number of aryl methyl sites for hydroxylation is 1. The van der Waals surface area contributed by atoms with Crippen LogP contribution >= 0.6 is 11.3 Å². The van der Waals surface area contributed by atoms with Crippen molar-refractivity contribution in [3.8, 4) is 0 Å². The molecule has 6 heteroatoms. The summed E-state index contributed by atoms with van der Waals surface area (Å²) in [7, 11) is 0. The molecule has 5 nitrogen and oxygen atoms in total. The van der Waals surface area contributed by atoms with Crippen LogP contribution in [0.4, 0.5) is 0 Å². The van der Waals surface area contributed by atoms with E-state index in [1.165, 1.54) is 16.9 Å². The van der Waals surface area contributed by atoms with Gasteiger partial charge in [0.2, 0.25) is 5.91 Å². The van der Waals surface area contributed by atoms with Gasteiger partial charge >= 0.3 is 0 Å². The Hall–Kier alpha value is -1.40. The molecule has 0 radical (unpaired) electrons. The zero-order chi connectivity index (χ0) is 18.1. The SMILES string of the molecule is CC1CCc2sc(C(=O)N3CCN(CC(=O)N4CCCC4)CC3)cc2C1. The Bertz CT molecular complexity index is 673. The van der Waals surface area contributed by atoms with Gasteiger partial charge in [0, 0.05) is 44.1 Å². The second-order valence-corrected chi connectivity index (χ2v) is 9.20. The largest absolute Gasteiger partial charge is 0.342 e. The normalized spacial score (nSPS) is 24.0. The fraction of sp³-hybridized carbons (Fsp3) is 0.700. The van der Waals surface area contributed by atoms with Crippen LogP contribution < -0.4 is 0 Å². The van der Waals surface area contributed by atoms with Crippen LogP contribution in [0.2, 0.25) is 0 Å². The van der Waals surface area contributed by atoms with Gasteiger partial charge in [-0.15, -0.1) is 11.3 Å². The smallest absolute Gasteiger partial charge is 0.264 e. The highest BCUT2D eigenvalue weighted by Gasteiger charge is 2.28. The maximum absolute atomic E-state index is 12.9. The van der Waals surface area contributed by atoms with Crippen LogP contribution in [0.3, 0.4) is 0 Å². The van der Waals surface area contributed by atoms with Gasteiger partial charge in [-0.2, -0.15) is 0 Å². The standard InChI is InChI=1S/C20H29N3O2S/c1-15-4-5-17-16(12-15)13-18(26-17)20(25)23-10-8-21(9-11-23)14-19(24)22-6-2-3-7-22/h13,15H,2-12,14H2,1H3. The third kappa shape index (κ3) is 3.81. The summed E-state index contributed by atoms with van der Waals surface area (Å²) in [5.41, 5.74) is 1.40. The summed E-state index contributed by atoms with van der Waals surface area (Å²) < 4.78 is 0. The van der Waals surface area contributed by atoms with Gasteiger partial charge in [-0.3, -0.25) is 14.5 Å². The van der Waals surface area contributed by atoms with Gasteiger partial charge in [0.1, 0.15) is 0 Å². The van der Waals surface area contributed by atoms with Crippen molar-refractivity contribution in [3.05, 3.63) is 21.4 Å². The van der Waals surface area contributed by atoms with Crippen LogP contribution in [-0.2, 0) is 17.6 Å². The van der Waals surface area contributed by atoms with E-state index < -0.39 is 0 Å².